The molecule has 0 saturated carbocycles. The first-order valence-corrected chi connectivity index (χ1v) is 12.0. The van der Waals surface area contributed by atoms with Gasteiger partial charge in [-0.3, -0.25) is 0 Å². The Balaban J connectivity index is 0.00000512. The minimum absolute atomic E-state index is 0. The van der Waals surface area contributed by atoms with E-state index in [-0.39, 0.29) is 24.8 Å². The van der Waals surface area contributed by atoms with Gasteiger partial charge in [-0.1, -0.05) is 63.1 Å². The lowest BCUT2D eigenvalue weighted by atomic mass is 10.1. The second-order valence-electron chi connectivity index (χ2n) is 8.15. The summed E-state index contributed by atoms with van der Waals surface area (Å²) < 4.78 is 11.5. The highest BCUT2D eigenvalue weighted by atomic mass is 35.5. The number of methoxy groups -OCH3 is 1. The van der Waals surface area contributed by atoms with Crippen LogP contribution in [0.15, 0.2) is 48.5 Å². The van der Waals surface area contributed by atoms with Gasteiger partial charge in [0.2, 0.25) is 0 Å². The van der Waals surface area contributed by atoms with E-state index in [1.807, 2.05) is 12.1 Å². The molecule has 0 saturated heterocycles. The molecule has 2 rings (SSSR count). The Bertz CT molecular complexity index is 709. The molecule has 0 bridgehead atoms. The van der Waals surface area contributed by atoms with Crippen LogP contribution in [0.1, 0.15) is 57.1 Å². The summed E-state index contributed by atoms with van der Waals surface area (Å²) in [5.74, 6) is 1.61. The molecular formula is C27H44Cl2N2O2. The highest BCUT2D eigenvalue weighted by molar-refractivity contribution is 5.85. The molecule has 0 aliphatic carbocycles. The first kappa shape index (κ1) is 31.5. The first-order valence-electron chi connectivity index (χ1n) is 12.0. The van der Waals surface area contributed by atoms with Crippen molar-refractivity contribution < 1.29 is 9.47 Å². The summed E-state index contributed by atoms with van der Waals surface area (Å²) in [7, 11) is 1.71. The van der Waals surface area contributed by atoms with Crippen LogP contribution in [0, 0.1) is 0 Å². The van der Waals surface area contributed by atoms with Crippen molar-refractivity contribution in [1.82, 2.24) is 10.2 Å². The Morgan fingerprint density at radius 3 is 2.09 bits per heavy atom. The van der Waals surface area contributed by atoms with Crippen molar-refractivity contribution in [2.45, 2.75) is 58.9 Å². The minimum atomic E-state index is 0. The zero-order valence-electron chi connectivity index (χ0n) is 20.7. The lowest BCUT2D eigenvalue weighted by Gasteiger charge is -2.22. The molecule has 0 aromatic heterocycles. The maximum atomic E-state index is 5.97. The van der Waals surface area contributed by atoms with Crippen LogP contribution in [0.5, 0.6) is 11.5 Å². The third-order valence-electron chi connectivity index (χ3n) is 5.53. The van der Waals surface area contributed by atoms with Gasteiger partial charge in [0, 0.05) is 13.0 Å². The summed E-state index contributed by atoms with van der Waals surface area (Å²) in [5.41, 5.74) is 2.51. The molecule has 0 aliphatic rings. The maximum Gasteiger partial charge on any atom is 0.161 e. The SMILES string of the molecule is CCCCN(CCCC)CCCNCc1ccc(OCCc2ccccc2)c(OC)c1.Cl.Cl. The van der Waals surface area contributed by atoms with Gasteiger partial charge in [0.1, 0.15) is 0 Å². The van der Waals surface area contributed by atoms with E-state index < -0.39 is 0 Å². The molecule has 0 fully saturated rings. The van der Waals surface area contributed by atoms with E-state index in [1.165, 1.54) is 62.9 Å². The van der Waals surface area contributed by atoms with Gasteiger partial charge in [-0.2, -0.15) is 0 Å². The van der Waals surface area contributed by atoms with E-state index in [4.69, 9.17) is 9.47 Å². The highest BCUT2D eigenvalue weighted by Gasteiger charge is 2.07. The minimum Gasteiger partial charge on any atom is -0.493 e. The van der Waals surface area contributed by atoms with Crippen molar-refractivity contribution in [1.29, 1.82) is 0 Å². The normalized spacial score (nSPS) is 10.4. The Morgan fingerprint density at radius 2 is 1.45 bits per heavy atom. The van der Waals surface area contributed by atoms with E-state index >= 15 is 0 Å². The van der Waals surface area contributed by atoms with Crippen LogP contribution in [0.2, 0.25) is 0 Å². The average molecular weight is 500 g/mol. The van der Waals surface area contributed by atoms with Crippen LogP contribution in [0.3, 0.4) is 0 Å². The number of benzene rings is 2. The number of rotatable bonds is 17. The van der Waals surface area contributed by atoms with Crippen LogP contribution in [-0.4, -0.2) is 44.8 Å². The van der Waals surface area contributed by atoms with Crippen molar-refractivity contribution in [3.05, 3.63) is 59.7 Å². The monoisotopic (exact) mass is 498 g/mol. The topological polar surface area (TPSA) is 33.7 Å². The molecule has 1 N–H and O–H groups in total. The Hall–Kier alpha value is -1.46. The summed E-state index contributed by atoms with van der Waals surface area (Å²) in [5, 5.41) is 3.58. The number of nitrogens with one attached hydrogen (secondary N) is 1. The summed E-state index contributed by atoms with van der Waals surface area (Å²) in [4.78, 5) is 2.62. The van der Waals surface area contributed by atoms with E-state index in [0.717, 1.165) is 31.0 Å². The lowest BCUT2D eigenvalue weighted by molar-refractivity contribution is 0.261. The molecule has 4 nitrogen and oxygen atoms in total. The molecular weight excluding hydrogens is 455 g/mol. The molecule has 0 spiro atoms. The largest absolute Gasteiger partial charge is 0.493 e. The van der Waals surface area contributed by atoms with E-state index in [1.54, 1.807) is 7.11 Å². The fraction of sp³-hybridized carbons (Fsp3) is 0.556. The van der Waals surface area contributed by atoms with Crippen LogP contribution in [0.4, 0.5) is 0 Å². The van der Waals surface area contributed by atoms with Gasteiger partial charge in [0.05, 0.1) is 13.7 Å². The Kier molecular flexibility index (Phi) is 19.1. The zero-order valence-corrected chi connectivity index (χ0v) is 22.3. The second kappa shape index (κ2) is 20.0. The van der Waals surface area contributed by atoms with Crippen LogP contribution >= 0.6 is 24.8 Å². The molecule has 0 amide bonds. The molecule has 188 valence electrons. The van der Waals surface area contributed by atoms with E-state index in [0.29, 0.717) is 6.61 Å². The van der Waals surface area contributed by atoms with Gasteiger partial charge < -0.3 is 19.7 Å². The number of hydrogen-bond donors (Lipinski definition) is 1. The van der Waals surface area contributed by atoms with Gasteiger partial charge in [0.25, 0.3) is 0 Å². The zero-order chi connectivity index (χ0) is 22.2. The van der Waals surface area contributed by atoms with Crippen LogP contribution < -0.4 is 14.8 Å². The van der Waals surface area contributed by atoms with Gasteiger partial charge >= 0.3 is 0 Å². The molecule has 0 aliphatic heterocycles. The van der Waals surface area contributed by atoms with Gasteiger partial charge in [-0.05, 0) is 68.7 Å². The molecule has 2 aromatic carbocycles. The highest BCUT2D eigenvalue weighted by Crippen LogP contribution is 2.28. The van der Waals surface area contributed by atoms with Crippen molar-refractivity contribution >= 4 is 24.8 Å². The number of ether oxygens (including phenoxy) is 2. The second-order valence-corrected chi connectivity index (χ2v) is 8.15. The van der Waals surface area contributed by atoms with E-state index in [2.05, 4.69) is 60.5 Å². The molecule has 0 heterocycles. The standard InChI is InChI=1S/C27H42N2O2.2ClH/c1-4-6-18-29(19-7-5-2)20-11-17-28-23-25-14-15-26(27(22-25)30-3)31-21-16-24-12-9-8-10-13-24;;/h8-10,12-15,22,28H,4-7,11,16-21,23H2,1-3H3;2*1H. The molecule has 33 heavy (non-hydrogen) atoms. The number of unbranched alkanes of at least 4 members (excludes halogenated alkanes) is 2. The first-order chi connectivity index (χ1) is 15.3. The van der Waals surface area contributed by atoms with Gasteiger partial charge in [0.15, 0.2) is 11.5 Å². The van der Waals surface area contributed by atoms with Gasteiger partial charge in [-0.25, -0.2) is 0 Å². The summed E-state index contributed by atoms with van der Waals surface area (Å²) in [6, 6.07) is 16.6. The van der Waals surface area contributed by atoms with Crippen molar-refractivity contribution in [3.8, 4) is 11.5 Å². The lowest BCUT2D eigenvalue weighted by Crippen LogP contribution is -2.29. The quantitative estimate of drug-likeness (QED) is 0.251. The summed E-state index contributed by atoms with van der Waals surface area (Å²) in [6.45, 7) is 10.7. The fourth-order valence-electron chi connectivity index (χ4n) is 3.62. The number of halogens is 2. The predicted octanol–water partition coefficient (Wildman–Crippen LogP) is 6.54. The molecule has 2 aromatic rings. The fourth-order valence-corrected chi connectivity index (χ4v) is 3.62. The summed E-state index contributed by atoms with van der Waals surface area (Å²) in [6.07, 6.45) is 7.23. The van der Waals surface area contributed by atoms with Crippen molar-refractivity contribution in [2.24, 2.45) is 0 Å². The molecule has 0 unspecified atom stereocenters. The maximum absolute atomic E-state index is 5.97. The Morgan fingerprint density at radius 1 is 0.788 bits per heavy atom. The van der Waals surface area contributed by atoms with Crippen molar-refractivity contribution in [3.63, 3.8) is 0 Å². The molecule has 6 heteroatoms. The van der Waals surface area contributed by atoms with Crippen LogP contribution in [-0.2, 0) is 13.0 Å². The summed E-state index contributed by atoms with van der Waals surface area (Å²) >= 11 is 0. The van der Waals surface area contributed by atoms with E-state index in [9.17, 15) is 0 Å². The number of hydrogen-bond acceptors (Lipinski definition) is 4. The number of nitrogens with zero attached hydrogens (tertiary/aromatic N) is 1. The van der Waals surface area contributed by atoms with Crippen molar-refractivity contribution in [2.75, 3.05) is 39.9 Å². The Labute approximate surface area is 214 Å². The van der Waals surface area contributed by atoms with Gasteiger partial charge in [-0.15, -0.1) is 24.8 Å². The molecule has 0 atom stereocenters. The van der Waals surface area contributed by atoms with Crippen LogP contribution in [0.25, 0.3) is 0 Å². The molecule has 0 radical (unpaired) electrons. The average Bonchev–Trinajstić information content (AvgIpc) is 2.81. The predicted molar refractivity (Wildman–Crippen MR) is 146 cm³/mol. The third kappa shape index (κ3) is 13.1. The smallest absolute Gasteiger partial charge is 0.161 e. The third-order valence-corrected chi connectivity index (χ3v) is 5.53.